The molecule has 6 heteroatoms. The van der Waals surface area contributed by atoms with Gasteiger partial charge in [0, 0.05) is 4.47 Å². The standard InChI is InChI=1S/C13H12BrClN4/c14-8-2-3-9-7(5-8)1-4-10(9)19-13-11(15)12(16)17-6-18-13/h2-3,5-6,10H,1,4H2,(H3,16,17,18,19). The van der Waals surface area contributed by atoms with Crippen LogP contribution < -0.4 is 11.1 Å². The van der Waals surface area contributed by atoms with Crippen molar-refractivity contribution in [3.63, 3.8) is 0 Å². The molecule has 1 heterocycles. The van der Waals surface area contributed by atoms with Gasteiger partial charge in [0.15, 0.2) is 5.82 Å². The number of halogens is 2. The van der Waals surface area contributed by atoms with Crippen LogP contribution in [0.15, 0.2) is 29.0 Å². The van der Waals surface area contributed by atoms with Crippen molar-refractivity contribution in [3.8, 4) is 0 Å². The Labute approximate surface area is 124 Å². The summed E-state index contributed by atoms with van der Waals surface area (Å²) in [6.45, 7) is 0. The third kappa shape index (κ3) is 2.40. The Bertz CT molecular complexity index is 632. The monoisotopic (exact) mass is 338 g/mol. The molecule has 0 amide bonds. The molecule has 1 aromatic carbocycles. The first-order valence-electron chi connectivity index (χ1n) is 5.96. The molecule has 0 aliphatic heterocycles. The van der Waals surface area contributed by atoms with Gasteiger partial charge in [-0.1, -0.05) is 33.6 Å². The van der Waals surface area contributed by atoms with Crippen LogP contribution in [0.3, 0.4) is 0 Å². The molecule has 1 atom stereocenters. The average molecular weight is 340 g/mol. The van der Waals surface area contributed by atoms with Crippen LogP contribution in [-0.4, -0.2) is 9.97 Å². The van der Waals surface area contributed by atoms with Crippen molar-refractivity contribution >= 4 is 39.2 Å². The van der Waals surface area contributed by atoms with E-state index in [1.54, 1.807) is 0 Å². The number of hydrogen-bond donors (Lipinski definition) is 2. The molecular formula is C13H12BrClN4. The van der Waals surface area contributed by atoms with Crippen molar-refractivity contribution < 1.29 is 0 Å². The number of aryl methyl sites for hydroxylation is 1. The molecule has 98 valence electrons. The third-order valence-electron chi connectivity index (χ3n) is 3.31. The van der Waals surface area contributed by atoms with Crippen molar-refractivity contribution in [2.75, 3.05) is 11.1 Å². The van der Waals surface area contributed by atoms with E-state index in [9.17, 15) is 0 Å². The van der Waals surface area contributed by atoms with Crippen molar-refractivity contribution in [3.05, 3.63) is 45.1 Å². The molecule has 0 saturated heterocycles. The zero-order valence-corrected chi connectivity index (χ0v) is 12.4. The van der Waals surface area contributed by atoms with Gasteiger partial charge in [0.25, 0.3) is 0 Å². The van der Waals surface area contributed by atoms with Gasteiger partial charge in [-0.25, -0.2) is 9.97 Å². The summed E-state index contributed by atoms with van der Waals surface area (Å²) in [5, 5.41) is 3.73. The number of benzene rings is 1. The van der Waals surface area contributed by atoms with E-state index in [2.05, 4.69) is 49.4 Å². The smallest absolute Gasteiger partial charge is 0.150 e. The largest absolute Gasteiger partial charge is 0.382 e. The molecule has 4 nitrogen and oxygen atoms in total. The lowest BCUT2D eigenvalue weighted by Gasteiger charge is -2.16. The number of nitrogens with one attached hydrogen (secondary N) is 1. The molecule has 1 aliphatic carbocycles. The topological polar surface area (TPSA) is 63.8 Å². The van der Waals surface area contributed by atoms with Crippen LogP contribution in [0.4, 0.5) is 11.6 Å². The number of rotatable bonds is 2. The van der Waals surface area contributed by atoms with Crippen molar-refractivity contribution in [2.45, 2.75) is 18.9 Å². The Hall–Kier alpha value is -1.33. The summed E-state index contributed by atoms with van der Waals surface area (Å²) in [6, 6.07) is 6.56. The molecule has 1 aromatic heterocycles. The fraction of sp³-hybridized carbons (Fsp3) is 0.231. The first-order chi connectivity index (χ1) is 9.15. The van der Waals surface area contributed by atoms with E-state index in [0.29, 0.717) is 16.7 Å². The van der Waals surface area contributed by atoms with Gasteiger partial charge in [0.1, 0.15) is 17.2 Å². The summed E-state index contributed by atoms with van der Waals surface area (Å²) in [7, 11) is 0. The van der Waals surface area contributed by atoms with Crippen LogP contribution >= 0.6 is 27.5 Å². The second-order valence-corrected chi connectivity index (χ2v) is 5.79. The van der Waals surface area contributed by atoms with E-state index in [1.807, 2.05) is 0 Å². The maximum Gasteiger partial charge on any atom is 0.150 e. The minimum atomic E-state index is 0.217. The number of nitrogens with two attached hydrogens (primary N) is 1. The Morgan fingerprint density at radius 3 is 3.05 bits per heavy atom. The summed E-state index contributed by atoms with van der Waals surface area (Å²) < 4.78 is 1.11. The van der Waals surface area contributed by atoms with Crippen LogP contribution in [0.2, 0.25) is 5.02 Å². The molecule has 0 fully saturated rings. The van der Waals surface area contributed by atoms with E-state index < -0.39 is 0 Å². The lowest BCUT2D eigenvalue weighted by atomic mass is 10.1. The number of aromatic nitrogens is 2. The zero-order chi connectivity index (χ0) is 13.4. The van der Waals surface area contributed by atoms with Crippen molar-refractivity contribution in [2.24, 2.45) is 0 Å². The second-order valence-electron chi connectivity index (χ2n) is 4.50. The maximum atomic E-state index is 6.10. The fourth-order valence-corrected chi connectivity index (χ4v) is 2.95. The highest BCUT2D eigenvalue weighted by molar-refractivity contribution is 9.10. The summed E-state index contributed by atoms with van der Waals surface area (Å²) in [5.41, 5.74) is 8.32. The van der Waals surface area contributed by atoms with Crippen LogP contribution in [0.5, 0.6) is 0 Å². The minimum absolute atomic E-state index is 0.217. The van der Waals surface area contributed by atoms with Gasteiger partial charge in [-0.05, 0) is 36.1 Å². The molecule has 0 spiro atoms. The van der Waals surface area contributed by atoms with Crippen LogP contribution in [0, 0.1) is 0 Å². The van der Waals surface area contributed by atoms with Crippen LogP contribution in [0.25, 0.3) is 0 Å². The summed E-state index contributed by atoms with van der Waals surface area (Å²) in [6.07, 6.45) is 3.48. The molecule has 2 aromatic rings. The second kappa shape index (κ2) is 4.98. The molecule has 19 heavy (non-hydrogen) atoms. The Morgan fingerprint density at radius 1 is 1.37 bits per heavy atom. The van der Waals surface area contributed by atoms with Gasteiger partial charge in [-0.3, -0.25) is 0 Å². The Morgan fingerprint density at radius 2 is 2.21 bits per heavy atom. The predicted octanol–water partition coefficient (Wildman–Crippen LogP) is 3.57. The number of nitrogens with zero attached hydrogens (tertiary/aromatic N) is 2. The van der Waals surface area contributed by atoms with E-state index in [1.165, 1.54) is 17.5 Å². The number of nitrogen functional groups attached to an aromatic ring is 1. The fourth-order valence-electron chi connectivity index (χ4n) is 2.39. The highest BCUT2D eigenvalue weighted by Gasteiger charge is 2.23. The van der Waals surface area contributed by atoms with Gasteiger partial charge in [-0.15, -0.1) is 0 Å². The van der Waals surface area contributed by atoms with Gasteiger partial charge < -0.3 is 11.1 Å². The van der Waals surface area contributed by atoms with E-state index in [4.69, 9.17) is 17.3 Å². The quantitative estimate of drug-likeness (QED) is 0.878. The normalized spacial score (nSPS) is 17.3. The molecule has 1 aliphatic rings. The van der Waals surface area contributed by atoms with E-state index >= 15 is 0 Å². The van der Waals surface area contributed by atoms with Gasteiger partial charge in [-0.2, -0.15) is 0 Å². The maximum absolute atomic E-state index is 6.10. The van der Waals surface area contributed by atoms with Crippen molar-refractivity contribution in [1.29, 1.82) is 0 Å². The SMILES string of the molecule is Nc1ncnc(NC2CCc3cc(Br)ccc32)c1Cl. The molecule has 1 unspecified atom stereocenters. The highest BCUT2D eigenvalue weighted by atomic mass is 79.9. The number of hydrogen-bond acceptors (Lipinski definition) is 4. The average Bonchev–Trinajstić information content (AvgIpc) is 2.77. The van der Waals surface area contributed by atoms with Crippen LogP contribution in [0.1, 0.15) is 23.6 Å². The van der Waals surface area contributed by atoms with Gasteiger partial charge in [0.2, 0.25) is 0 Å². The number of anilines is 2. The molecule has 3 N–H and O–H groups in total. The first-order valence-corrected chi connectivity index (χ1v) is 7.13. The highest BCUT2D eigenvalue weighted by Crippen LogP contribution is 2.36. The summed E-state index contributed by atoms with van der Waals surface area (Å²) in [5.74, 6) is 0.892. The lowest BCUT2D eigenvalue weighted by molar-refractivity contribution is 0.757. The lowest BCUT2D eigenvalue weighted by Crippen LogP contribution is -2.10. The molecule has 0 radical (unpaired) electrons. The summed E-state index contributed by atoms with van der Waals surface area (Å²) in [4.78, 5) is 8.01. The minimum Gasteiger partial charge on any atom is -0.382 e. The third-order valence-corrected chi connectivity index (χ3v) is 4.18. The number of fused-ring (bicyclic) bond motifs is 1. The molecule has 3 rings (SSSR count). The zero-order valence-electron chi connectivity index (χ0n) is 10.0. The molecular weight excluding hydrogens is 328 g/mol. The van der Waals surface area contributed by atoms with Gasteiger partial charge >= 0.3 is 0 Å². The summed E-state index contributed by atoms with van der Waals surface area (Å²) >= 11 is 9.60. The Balaban J connectivity index is 1.89. The van der Waals surface area contributed by atoms with Crippen molar-refractivity contribution in [1.82, 2.24) is 9.97 Å². The molecule has 0 bridgehead atoms. The molecule has 0 saturated carbocycles. The van der Waals surface area contributed by atoms with Gasteiger partial charge in [0.05, 0.1) is 6.04 Å². The van der Waals surface area contributed by atoms with E-state index in [0.717, 1.165) is 17.3 Å². The first kappa shape index (κ1) is 12.7. The predicted molar refractivity (Wildman–Crippen MR) is 80.3 cm³/mol. The van der Waals surface area contributed by atoms with Crippen LogP contribution in [-0.2, 0) is 6.42 Å². The Kier molecular flexibility index (Phi) is 3.33. The van der Waals surface area contributed by atoms with E-state index in [-0.39, 0.29) is 6.04 Å².